The Morgan fingerprint density at radius 2 is 2.00 bits per heavy atom. The van der Waals surface area contributed by atoms with Crippen LogP contribution < -0.4 is 5.32 Å². The highest BCUT2D eigenvalue weighted by atomic mass is 127. The van der Waals surface area contributed by atoms with E-state index in [1.54, 1.807) is 18.3 Å². The van der Waals surface area contributed by atoms with Crippen molar-refractivity contribution in [2.24, 2.45) is 0 Å². The Balaban J connectivity index is 1.92. The van der Waals surface area contributed by atoms with E-state index < -0.39 is 0 Å². The molecule has 0 saturated carbocycles. The van der Waals surface area contributed by atoms with Crippen molar-refractivity contribution in [3.8, 4) is 0 Å². The van der Waals surface area contributed by atoms with Crippen LogP contribution in [0.1, 0.15) is 10.5 Å². The molecule has 0 fully saturated rings. The van der Waals surface area contributed by atoms with Gasteiger partial charge < -0.3 is 5.32 Å². The van der Waals surface area contributed by atoms with Gasteiger partial charge in [0, 0.05) is 15.2 Å². The monoisotopic (exact) mass is 409 g/mol. The van der Waals surface area contributed by atoms with Crippen LogP contribution in [0.5, 0.6) is 0 Å². The zero-order chi connectivity index (χ0) is 14.8. The van der Waals surface area contributed by atoms with Gasteiger partial charge >= 0.3 is 0 Å². The number of hydrogen-bond acceptors (Lipinski definition) is 3. The normalized spacial score (nSPS) is 10.6. The second-order valence-electron chi connectivity index (χ2n) is 4.32. The van der Waals surface area contributed by atoms with Crippen LogP contribution in [0.15, 0.2) is 48.7 Å². The van der Waals surface area contributed by atoms with Gasteiger partial charge in [-0.15, -0.1) is 0 Å². The molecule has 1 N–H and O–H groups in total. The molecule has 2 aromatic heterocycles. The van der Waals surface area contributed by atoms with Gasteiger partial charge in [0.25, 0.3) is 5.91 Å². The van der Waals surface area contributed by atoms with Gasteiger partial charge in [0.05, 0.1) is 10.5 Å². The molecule has 0 aliphatic carbocycles. The first kappa shape index (κ1) is 14.2. The molecule has 21 heavy (non-hydrogen) atoms. The first-order valence-corrected chi connectivity index (χ1v) is 7.57. The average Bonchev–Trinajstić information content (AvgIpc) is 2.49. The molecule has 1 amide bonds. The number of para-hydroxylation sites is 1. The third-order valence-electron chi connectivity index (χ3n) is 2.87. The van der Waals surface area contributed by atoms with Gasteiger partial charge in [0.1, 0.15) is 11.5 Å². The smallest absolute Gasteiger partial charge is 0.275 e. The highest BCUT2D eigenvalue weighted by molar-refractivity contribution is 14.1. The fourth-order valence-corrected chi connectivity index (χ4v) is 2.46. The lowest BCUT2D eigenvalue weighted by Crippen LogP contribution is -2.14. The van der Waals surface area contributed by atoms with Gasteiger partial charge in [-0.1, -0.05) is 29.8 Å². The minimum Gasteiger partial charge on any atom is -0.305 e. The summed E-state index contributed by atoms with van der Waals surface area (Å²) in [4.78, 5) is 20.7. The number of halogens is 2. The molecular weight excluding hydrogens is 401 g/mol. The minimum atomic E-state index is -0.337. The number of amides is 1. The maximum absolute atomic E-state index is 12.2. The molecule has 6 heteroatoms. The Labute approximate surface area is 139 Å². The van der Waals surface area contributed by atoms with Crippen molar-refractivity contribution in [2.45, 2.75) is 0 Å². The SMILES string of the molecule is O=C(Nc1ccc(I)cn1)c1cc(Cl)c2ccccc2n1. The summed E-state index contributed by atoms with van der Waals surface area (Å²) in [5.74, 6) is 0.142. The Kier molecular flexibility index (Phi) is 4.03. The maximum Gasteiger partial charge on any atom is 0.275 e. The van der Waals surface area contributed by atoms with Crippen molar-refractivity contribution in [1.29, 1.82) is 0 Å². The molecule has 0 aliphatic heterocycles. The summed E-state index contributed by atoms with van der Waals surface area (Å²) in [7, 11) is 0. The van der Waals surface area contributed by atoms with Crippen molar-refractivity contribution in [1.82, 2.24) is 9.97 Å². The second-order valence-corrected chi connectivity index (χ2v) is 5.98. The summed E-state index contributed by atoms with van der Waals surface area (Å²) in [6, 6.07) is 12.6. The molecule has 104 valence electrons. The van der Waals surface area contributed by atoms with E-state index in [0.717, 1.165) is 8.96 Å². The van der Waals surface area contributed by atoms with Crippen LogP contribution in [0.2, 0.25) is 5.02 Å². The second kappa shape index (κ2) is 5.95. The summed E-state index contributed by atoms with van der Waals surface area (Å²) in [5, 5.41) is 4.03. The summed E-state index contributed by atoms with van der Waals surface area (Å²) >= 11 is 8.34. The number of hydrogen-bond donors (Lipinski definition) is 1. The van der Waals surface area contributed by atoms with E-state index in [2.05, 4.69) is 37.9 Å². The summed E-state index contributed by atoms with van der Waals surface area (Å²) in [5.41, 5.74) is 0.949. The highest BCUT2D eigenvalue weighted by Crippen LogP contribution is 2.23. The number of nitrogens with one attached hydrogen (secondary N) is 1. The van der Waals surface area contributed by atoms with Crippen molar-refractivity contribution in [3.63, 3.8) is 0 Å². The van der Waals surface area contributed by atoms with Crippen LogP contribution in [0, 0.1) is 3.57 Å². The minimum absolute atomic E-state index is 0.263. The highest BCUT2D eigenvalue weighted by Gasteiger charge is 2.11. The van der Waals surface area contributed by atoms with Gasteiger partial charge in [-0.3, -0.25) is 4.79 Å². The fourth-order valence-electron chi connectivity index (χ4n) is 1.88. The molecule has 3 aromatic rings. The number of nitrogens with zero attached hydrogens (tertiary/aromatic N) is 2. The van der Waals surface area contributed by atoms with Crippen LogP contribution in [0.3, 0.4) is 0 Å². The standard InChI is InChI=1S/C15H9ClIN3O/c16-11-7-13(19-12-4-2-1-3-10(11)12)15(21)20-14-6-5-9(17)8-18-14/h1-8H,(H,18,20,21). The Hall–Kier alpha value is -1.73. The summed E-state index contributed by atoms with van der Waals surface area (Å²) in [6.45, 7) is 0. The number of aromatic nitrogens is 2. The van der Waals surface area contributed by atoms with Gasteiger partial charge in [-0.05, 0) is 46.9 Å². The predicted molar refractivity (Wildman–Crippen MR) is 91.7 cm³/mol. The van der Waals surface area contributed by atoms with Gasteiger partial charge in [0.15, 0.2) is 0 Å². The topological polar surface area (TPSA) is 54.9 Å². The number of pyridine rings is 2. The number of fused-ring (bicyclic) bond motifs is 1. The number of anilines is 1. The Morgan fingerprint density at radius 1 is 1.19 bits per heavy atom. The van der Waals surface area contributed by atoms with Crippen molar-refractivity contribution in [2.75, 3.05) is 5.32 Å². The van der Waals surface area contributed by atoms with E-state index in [9.17, 15) is 4.79 Å². The van der Waals surface area contributed by atoms with Crippen LogP contribution >= 0.6 is 34.2 Å². The predicted octanol–water partition coefficient (Wildman–Crippen LogP) is 4.14. The van der Waals surface area contributed by atoms with Gasteiger partial charge in [0.2, 0.25) is 0 Å². The van der Waals surface area contributed by atoms with E-state index in [0.29, 0.717) is 16.4 Å². The van der Waals surface area contributed by atoms with Gasteiger partial charge in [-0.25, -0.2) is 9.97 Å². The zero-order valence-electron chi connectivity index (χ0n) is 10.7. The molecule has 0 spiro atoms. The van der Waals surface area contributed by atoms with Crippen LogP contribution in [0.25, 0.3) is 10.9 Å². The molecule has 0 radical (unpaired) electrons. The van der Waals surface area contributed by atoms with Gasteiger partial charge in [-0.2, -0.15) is 0 Å². The van der Waals surface area contributed by atoms with E-state index in [4.69, 9.17) is 11.6 Å². The number of benzene rings is 1. The summed E-state index contributed by atoms with van der Waals surface area (Å²) in [6.07, 6.45) is 1.68. The maximum atomic E-state index is 12.2. The molecule has 0 aliphatic rings. The molecule has 0 saturated heterocycles. The molecule has 3 rings (SSSR count). The number of carbonyl (C=O) groups is 1. The molecule has 4 nitrogen and oxygen atoms in total. The first-order valence-electron chi connectivity index (χ1n) is 6.12. The van der Waals surface area contributed by atoms with Crippen molar-refractivity contribution in [3.05, 3.63) is 62.9 Å². The average molecular weight is 410 g/mol. The molecule has 0 atom stereocenters. The lowest BCUT2D eigenvalue weighted by atomic mass is 10.2. The van der Waals surface area contributed by atoms with Crippen LogP contribution in [-0.4, -0.2) is 15.9 Å². The summed E-state index contributed by atoms with van der Waals surface area (Å²) < 4.78 is 0.998. The molecule has 0 bridgehead atoms. The number of carbonyl (C=O) groups excluding carboxylic acids is 1. The van der Waals surface area contributed by atoms with E-state index in [-0.39, 0.29) is 11.6 Å². The van der Waals surface area contributed by atoms with E-state index in [1.807, 2.05) is 30.3 Å². The van der Waals surface area contributed by atoms with E-state index in [1.165, 1.54) is 0 Å². The first-order chi connectivity index (χ1) is 10.1. The van der Waals surface area contributed by atoms with Crippen LogP contribution in [-0.2, 0) is 0 Å². The van der Waals surface area contributed by atoms with Crippen LogP contribution in [0.4, 0.5) is 5.82 Å². The zero-order valence-corrected chi connectivity index (χ0v) is 13.6. The quantitative estimate of drug-likeness (QED) is 0.647. The van der Waals surface area contributed by atoms with Crippen molar-refractivity contribution >= 4 is 56.8 Å². The third kappa shape index (κ3) is 3.14. The molecule has 1 aromatic carbocycles. The lowest BCUT2D eigenvalue weighted by molar-refractivity contribution is 0.102. The Bertz CT molecular complexity index is 821. The molecular formula is C15H9ClIN3O. The fraction of sp³-hybridized carbons (Fsp3) is 0. The molecule has 0 unspecified atom stereocenters. The largest absolute Gasteiger partial charge is 0.305 e. The third-order valence-corrected chi connectivity index (χ3v) is 3.82. The molecule has 2 heterocycles. The van der Waals surface area contributed by atoms with Crippen molar-refractivity contribution < 1.29 is 4.79 Å². The lowest BCUT2D eigenvalue weighted by Gasteiger charge is -2.06. The van der Waals surface area contributed by atoms with E-state index >= 15 is 0 Å². The Morgan fingerprint density at radius 3 is 2.76 bits per heavy atom. The number of rotatable bonds is 2.